The van der Waals surface area contributed by atoms with Crippen LogP contribution in [-0.4, -0.2) is 61.2 Å². The van der Waals surface area contributed by atoms with Gasteiger partial charge in [0.25, 0.3) is 5.91 Å². The molecule has 0 N–H and O–H groups in total. The lowest BCUT2D eigenvalue weighted by Gasteiger charge is -2.29. The Bertz CT molecular complexity index is 875. The Kier molecular flexibility index (Phi) is 6.65. The van der Waals surface area contributed by atoms with Gasteiger partial charge in [-0.1, -0.05) is 30.3 Å². The molecule has 1 amide bonds. The molecule has 6 heteroatoms. The van der Waals surface area contributed by atoms with Crippen LogP contribution in [0.4, 0.5) is 4.39 Å². The minimum Gasteiger partial charge on any atom is -0.483 e. The van der Waals surface area contributed by atoms with Crippen LogP contribution < -0.4 is 4.74 Å². The zero-order valence-corrected chi connectivity index (χ0v) is 17.4. The number of halogens is 1. The van der Waals surface area contributed by atoms with Crippen molar-refractivity contribution in [3.8, 4) is 5.75 Å². The fourth-order valence-corrected chi connectivity index (χ4v) is 4.32. The second-order valence-corrected chi connectivity index (χ2v) is 8.16. The van der Waals surface area contributed by atoms with Crippen LogP contribution in [0.5, 0.6) is 5.75 Å². The van der Waals surface area contributed by atoms with Gasteiger partial charge >= 0.3 is 0 Å². The van der Waals surface area contributed by atoms with Crippen LogP contribution in [0.3, 0.4) is 0 Å². The number of amides is 1. The summed E-state index contributed by atoms with van der Waals surface area (Å²) in [4.78, 5) is 16.8. The van der Waals surface area contributed by atoms with Crippen molar-refractivity contribution in [3.63, 3.8) is 0 Å². The number of para-hydroxylation sites is 1. The molecule has 30 heavy (non-hydrogen) atoms. The van der Waals surface area contributed by atoms with E-state index in [4.69, 9.17) is 9.47 Å². The number of rotatable bonds is 2. The summed E-state index contributed by atoms with van der Waals surface area (Å²) in [5.74, 6) is 0.501. The van der Waals surface area contributed by atoms with Crippen LogP contribution in [0, 0.1) is 5.82 Å². The number of fused-ring (bicyclic) bond motifs is 2. The van der Waals surface area contributed by atoms with E-state index < -0.39 is 0 Å². The Balaban J connectivity index is 1.46. The molecule has 4 rings (SSSR count). The summed E-state index contributed by atoms with van der Waals surface area (Å²) >= 11 is 0. The molecular weight excluding hydrogens is 383 g/mol. The van der Waals surface area contributed by atoms with Gasteiger partial charge in [0.15, 0.2) is 6.61 Å². The second-order valence-electron chi connectivity index (χ2n) is 8.16. The molecule has 0 aromatic heterocycles. The molecule has 2 aromatic rings. The van der Waals surface area contributed by atoms with Gasteiger partial charge in [0.1, 0.15) is 11.6 Å². The van der Waals surface area contributed by atoms with E-state index in [1.807, 2.05) is 31.3 Å². The van der Waals surface area contributed by atoms with Crippen molar-refractivity contribution in [2.45, 2.75) is 38.0 Å². The fourth-order valence-electron chi connectivity index (χ4n) is 4.32. The third-order valence-corrected chi connectivity index (χ3v) is 5.99. The number of carbonyl (C=O) groups is 1. The summed E-state index contributed by atoms with van der Waals surface area (Å²) in [6.07, 6.45) is 2.81. The van der Waals surface area contributed by atoms with Gasteiger partial charge in [0.05, 0.1) is 12.1 Å². The fraction of sp³-hybridized carbons (Fsp3) is 0.458. The summed E-state index contributed by atoms with van der Waals surface area (Å²) in [6.45, 7) is 2.74. The molecule has 5 nitrogen and oxygen atoms in total. The maximum absolute atomic E-state index is 13.6. The monoisotopic (exact) mass is 412 g/mol. The van der Waals surface area contributed by atoms with Gasteiger partial charge in [-0.15, -0.1) is 0 Å². The highest BCUT2D eigenvalue weighted by Gasteiger charge is 2.38. The van der Waals surface area contributed by atoms with Gasteiger partial charge < -0.3 is 14.4 Å². The lowest BCUT2D eigenvalue weighted by Crippen LogP contribution is -2.47. The van der Waals surface area contributed by atoms with E-state index in [0.29, 0.717) is 19.7 Å². The van der Waals surface area contributed by atoms with E-state index in [9.17, 15) is 9.18 Å². The molecule has 1 saturated heterocycles. The van der Waals surface area contributed by atoms with Crippen molar-refractivity contribution in [1.29, 1.82) is 0 Å². The van der Waals surface area contributed by atoms with E-state index in [0.717, 1.165) is 42.7 Å². The predicted octanol–water partition coefficient (Wildman–Crippen LogP) is 3.27. The van der Waals surface area contributed by atoms with E-state index in [1.165, 1.54) is 6.07 Å². The number of hydrogen-bond acceptors (Lipinski definition) is 4. The molecule has 160 valence electrons. The molecule has 2 aliphatic rings. The number of nitrogens with zero attached hydrogens (tertiary/aromatic N) is 2. The third kappa shape index (κ3) is 4.99. The maximum Gasteiger partial charge on any atom is 0.260 e. The third-order valence-electron chi connectivity index (χ3n) is 5.99. The van der Waals surface area contributed by atoms with Crippen molar-refractivity contribution >= 4 is 5.91 Å². The van der Waals surface area contributed by atoms with Gasteiger partial charge in [0.2, 0.25) is 0 Å². The van der Waals surface area contributed by atoms with Crippen molar-refractivity contribution < 1.29 is 18.7 Å². The Morgan fingerprint density at radius 1 is 1.10 bits per heavy atom. The number of carbonyl (C=O) groups excluding carboxylic acids is 1. The first-order chi connectivity index (χ1) is 14.6. The summed E-state index contributed by atoms with van der Waals surface area (Å²) in [5, 5.41) is 0. The molecule has 2 atom stereocenters. The number of aryl methyl sites for hydroxylation is 1. The molecule has 0 aliphatic carbocycles. The summed E-state index contributed by atoms with van der Waals surface area (Å²) in [7, 11) is 1.82. The lowest BCUT2D eigenvalue weighted by molar-refractivity contribution is -0.136. The first kappa shape index (κ1) is 20.8. The normalized spacial score (nSPS) is 23.5. The van der Waals surface area contributed by atoms with Crippen LogP contribution in [0.15, 0.2) is 48.5 Å². The molecule has 2 aromatic carbocycles. The minimum atomic E-state index is -0.227. The molecule has 0 unspecified atom stereocenters. The predicted molar refractivity (Wildman–Crippen MR) is 113 cm³/mol. The molecule has 0 spiro atoms. The molecule has 2 heterocycles. The highest BCUT2D eigenvalue weighted by atomic mass is 19.1. The second kappa shape index (κ2) is 9.58. The maximum atomic E-state index is 13.6. The first-order valence-corrected chi connectivity index (χ1v) is 10.6. The van der Waals surface area contributed by atoms with E-state index >= 15 is 0 Å². The molecular formula is C24H29FN2O3. The van der Waals surface area contributed by atoms with Gasteiger partial charge in [-0.2, -0.15) is 0 Å². The van der Waals surface area contributed by atoms with Gasteiger partial charge in [0, 0.05) is 33.3 Å². The zero-order chi connectivity index (χ0) is 20.9. The summed E-state index contributed by atoms with van der Waals surface area (Å²) in [6, 6.07) is 14.6. The van der Waals surface area contributed by atoms with Gasteiger partial charge in [-0.25, -0.2) is 4.39 Å². The van der Waals surface area contributed by atoms with Crippen LogP contribution in [0.1, 0.15) is 24.0 Å². The highest BCUT2D eigenvalue weighted by molar-refractivity contribution is 5.78. The molecule has 0 saturated carbocycles. The van der Waals surface area contributed by atoms with Gasteiger partial charge in [-0.3, -0.25) is 9.69 Å². The summed E-state index contributed by atoms with van der Waals surface area (Å²) < 4.78 is 25.7. The SMILES string of the molecule is CN1C(=O)COc2ccccc2CCCCO[C@H]2CN(Cc3cccc(F)c3)C[C@@H]21. The zero-order valence-electron chi connectivity index (χ0n) is 17.4. The van der Waals surface area contributed by atoms with Crippen LogP contribution in [0.2, 0.25) is 0 Å². The Morgan fingerprint density at radius 3 is 2.83 bits per heavy atom. The lowest BCUT2D eigenvalue weighted by atomic mass is 10.1. The van der Waals surface area contributed by atoms with E-state index in [1.54, 1.807) is 17.0 Å². The van der Waals surface area contributed by atoms with Crippen molar-refractivity contribution in [1.82, 2.24) is 9.80 Å². The highest BCUT2D eigenvalue weighted by Crippen LogP contribution is 2.24. The number of likely N-dealkylation sites (tertiary alicyclic amines) is 1. The average molecular weight is 413 g/mol. The Morgan fingerprint density at radius 2 is 1.97 bits per heavy atom. The van der Waals surface area contributed by atoms with Crippen LogP contribution in [0.25, 0.3) is 0 Å². The standard InChI is InChI=1S/C24H29FN2O3/c1-26-21-15-27(14-18-7-6-10-20(25)13-18)16-23(21)29-12-5-4-9-19-8-2-3-11-22(19)30-17-24(26)28/h2-3,6-8,10-11,13,21,23H,4-5,9,12,14-17H2,1H3/t21-,23-/m0/s1. The number of hydrogen-bond donors (Lipinski definition) is 0. The smallest absolute Gasteiger partial charge is 0.260 e. The quantitative estimate of drug-likeness (QED) is 0.759. The van der Waals surface area contributed by atoms with Crippen molar-refractivity contribution in [2.75, 3.05) is 33.4 Å². The summed E-state index contributed by atoms with van der Waals surface area (Å²) in [5.41, 5.74) is 2.06. The van der Waals surface area contributed by atoms with Crippen LogP contribution >= 0.6 is 0 Å². The molecule has 2 aliphatic heterocycles. The molecule has 0 radical (unpaired) electrons. The average Bonchev–Trinajstić information content (AvgIpc) is 3.14. The van der Waals surface area contributed by atoms with E-state index in [2.05, 4.69) is 11.0 Å². The number of ether oxygens (including phenoxy) is 2. The van der Waals surface area contributed by atoms with Crippen LogP contribution in [-0.2, 0) is 22.5 Å². The Hall–Kier alpha value is -2.44. The topological polar surface area (TPSA) is 42.0 Å². The van der Waals surface area contributed by atoms with Crippen molar-refractivity contribution in [3.05, 3.63) is 65.5 Å². The number of benzene rings is 2. The van der Waals surface area contributed by atoms with Gasteiger partial charge in [-0.05, 0) is 48.6 Å². The largest absolute Gasteiger partial charge is 0.483 e. The minimum absolute atomic E-state index is 0.0145. The number of likely N-dealkylation sites (N-methyl/N-ethyl adjacent to an activating group) is 1. The first-order valence-electron chi connectivity index (χ1n) is 10.6. The molecule has 0 bridgehead atoms. The Labute approximate surface area is 177 Å². The van der Waals surface area contributed by atoms with Crippen molar-refractivity contribution in [2.24, 2.45) is 0 Å². The van der Waals surface area contributed by atoms with E-state index in [-0.39, 0.29) is 30.5 Å². The molecule has 1 fully saturated rings.